The van der Waals surface area contributed by atoms with Gasteiger partial charge in [0.05, 0.1) is 11.3 Å². The summed E-state index contributed by atoms with van der Waals surface area (Å²) in [5, 5.41) is 13.3. The van der Waals surface area contributed by atoms with E-state index in [0.717, 1.165) is 16.8 Å². The van der Waals surface area contributed by atoms with Gasteiger partial charge in [0.2, 0.25) is 5.91 Å². The maximum absolute atomic E-state index is 11.3. The van der Waals surface area contributed by atoms with E-state index < -0.39 is 11.9 Å². The van der Waals surface area contributed by atoms with Crippen molar-refractivity contribution in [3.05, 3.63) is 54.6 Å². The molecule has 4 nitrogen and oxygen atoms in total. The fourth-order valence-electron chi connectivity index (χ4n) is 1.70. The van der Waals surface area contributed by atoms with E-state index in [-0.39, 0.29) is 11.3 Å². The van der Waals surface area contributed by atoms with Gasteiger partial charge in [-0.2, -0.15) is 0 Å². The zero-order valence-corrected chi connectivity index (χ0v) is 9.51. The third-order valence-electron chi connectivity index (χ3n) is 2.56. The molecule has 2 aromatic carbocycles. The molecule has 0 aromatic heterocycles. The Kier molecular flexibility index (Phi) is 3.10. The van der Waals surface area contributed by atoms with Crippen LogP contribution in [0.15, 0.2) is 49.1 Å². The van der Waals surface area contributed by atoms with Crippen LogP contribution in [0, 0.1) is 0 Å². The number of fused-ring (bicyclic) bond motifs is 1. The van der Waals surface area contributed by atoms with Crippen molar-refractivity contribution in [2.24, 2.45) is 0 Å². The highest BCUT2D eigenvalue weighted by atomic mass is 16.4. The average molecular weight is 241 g/mol. The van der Waals surface area contributed by atoms with Gasteiger partial charge in [-0.05, 0) is 29.0 Å². The molecule has 0 aliphatic rings. The lowest BCUT2D eigenvalue weighted by molar-refractivity contribution is -0.111. The van der Waals surface area contributed by atoms with Gasteiger partial charge >= 0.3 is 5.97 Å². The molecule has 0 atom stereocenters. The minimum Gasteiger partial charge on any atom is -0.478 e. The van der Waals surface area contributed by atoms with Gasteiger partial charge < -0.3 is 10.4 Å². The van der Waals surface area contributed by atoms with Gasteiger partial charge in [-0.1, -0.05) is 30.8 Å². The largest absolute Gasteiger partial charge is 0.478 e. The predicted molar refractivity (Wildman–Crippen MR) is 69.7 cm³/mol. The number of hydrogen-bond donors (Lipinski definition) is 2. The molecule has 0 saturated carbocycles. The molecule has 2 rings (SSSR count). The average Bonchev–Trinajstić information content (AvgIpc) is 2.37. The summed E-state index contributed by atoms with van der Waals surface area (Å²) in [6.07, 6.45) is 1.10. The number of carbonyl (C=O) groups excluding carboxylic acids is 1. The van der Waals surface area contributed by atoms with Crippen LogP contribution in [-0.2, 0) is 4.79 Å². The van der Waals surface area contributed by atoms with Gasteiger partial charge in [0.1, 0.15) is 0 Å². The van der Waals surface area contributed by atoms with Gasteiger partial charge in [-0.3, -0.25) is 4.79 Å². The highest BCUT2D eigenvalue weighted by Crippen LogP contribution is 2.24. The molecule has 0 saturated heterocycles. The SMILES string of the molecule is C=CC(=O)Nc1cc2ccccc2cc1C(=O)O. The third-order valence-corrected chi connectivity index (χ3v) is 2.56. The van der Waals surface area contributed by atoms with Crippen molar-refractivity contribution >= 4 is 28.3 Å². The fourth-order valence-corrected chi connectivity index (χ4v) is 1.70. The Morgan fingerprint density at radius 2 is 1.78 bits per heavy atom. The van der Waals surface area contributed by atoms with Crippen LogP contribution >= 0.6 is 0 Å². The van der Waals surface area contributed by atoms with Crippen LogP contribution in [0.5, 0.6) is 0 Å². The van der Waals surface area contributed by atoms with Crippen LogP contribution in [0.2, 0.25) is 0 Å². The third kappa shape index (κ3) is 2.22. The monoisotopic (exact) mass is 241 g/mol. The summed E-state index contributed by atoms with van der Waals surface area (Å²) in [7, 11) is 0. The molecule has 1 amide bonds. The van der Waals surface area contributed by atoms with Crippen LogP contribution in [-0.4, -0.2) is 17.0 Å². The molecule has 2 aromatic rings. The van der Waals surface area contributed by atoms with Crippen molar-refractivity contribution in [1.82, 2.24) is 0 Å². The van der Waals surface area contributed by atoms with Crippen molar-refractivity contribution in [2.75, 3.05) is 5.32 Å². The van der Waals surface area contributed by atoms with Crippen LogP contribution in [0.3, 0.4) is 0 Å². The molecule has 0 aliphatic carbocycles. The molecule has 0 unspecified atom stereocenters. The number of aromatic carboxylic acids is 1. The minimum absolute atomic E-state index is 0.0592. The summed E-state index contributed by atoms with van der Waals surface area (Å²) < 4.78 is 0. The number of hydrogen-bond acceptors (Lipinski definition) is 2. The number of carbonyl (C=O) groups is 2. The number of carboxylic acid groups (broad SMARTS) is 1. The van der Waals surface area contributed by atoms with Crippen molar-refractivity contribution in [3.8, 4) is 0 Å². The second-order valence-electron chi connectivity index (χ2n) is 3.74. The highest BCUT2D eigenvalue weighted by Gasteiger charge is 2.12. The van der Waals surface area contributed by atoms with E-state index in [1.807, 2.05) is 24.3 Å². The maximum Gasteiger partial charge on any atom is 0.337 e. The summed E-state index contributed by atoms with van der Waals surface area (Å²) in [4.78, 5) is 22.4. The lowest BCUT2D eigenvalue weighted by Crippen LogP contribution is -2.11. The number of rotatable bonds is 3. The van der Waals surface area contributed by atoms with E-state index in [9.17, 15) is 9.59 Å². The van der Waals surface area contributed by atoms with Gasteiger partial charge in [0.25, 0.3) is 0 Å². The van der Waals surface area contributed by atoms with Crippen molar-refractivity contribution in [2.45, 2.75) is 0 Å². The Morgan fingerprint density at radius 1 is 1.17 bits per heavy atom. The lowest BCUT2D eigenvalue weighted by atomic mass is 10.0. The molecule has 0 bridgehead atoms. The lowest BCUT2D eigenvalue weighted by Gasteiger charge is -2.08. The number of nitrogens with one attached hydrogen (secondary N) is 1. The van der Waals surface area contributed by atoms with Crippen molar-refractivity contribution in [1.29, 1.82) is 0 Å². The smallest absolute Gasteiger partial charge is 0.337 e. The zero-order valence-electron chi connectivity index (χ0n) is 9.51. The van der Waals surface area contributed by atoms with Gasteiger partial charge in [-0.15, -0.1) is 0 Å². The first-order valence-corrected chi connectivity index (χ1v) is 5.31. The van der Waals surface area contributed by atoms with Crippen molar-refractivity contribution in [3.63, 3.8) is 0 Å². The Balaban J connectivity index is 2.61. The first-order valence-electron chi connectivity index (χ1n) is 5.31. The zero-order chi connectivity index (χ0) is 13.1. The van der Waals surface area contributed by atoms with E-state index >= 15 is 0 Å². The van der Waals surface area contributed by atoms with Gasteiger partial charge in [0, 0.05) is 0 Å². The maximum atomic E-state index is 11.3. The van der Waals surface area contributed by atoms with E-state index in [0.29, 0.717) is 0 Å². The first kappa shape index (κ1) is 11.9. The summed E-state index contributed by atoms with van der Waals surface area (Å²) in [6.45, 7) is 3.33. The second kappa shape index (κ2) is 4.71. The molecule has 0 spiro atoms. The first-order chi connectivity index (χ1) is 8.61. The summed E-state index contributed by atoms with van der Waals surface area (Å²) in [5.74, 6) is -1.52. The summed E-state index contributed by atoms with van der Waals surface area (Å²) in [6, 6.07) is 10.5. The Bertz CT molecular complexity index is 647. The number of anilines is 1. The molecule has 4 heteroatoms. The Labute approximate surface area is 104 Å². The standard InChI is InChI=1S/C14H11NO3/c1-2-13(16)15-12-8-10-6-4-3-5-9(10)7-11(12)14(17)18/h2-8H,1H2,(H,15,16)(H,17,18). The van der Waals surface area contributed by atoms with E-state index in [2.05, 4.69) is 11.9 Å². The minimum atomic E-state index is -1.08. The highest BCUT2D eigenvalue weighted by molar-refractivity contribution is 6.07. The molecule has 0 heterocycles. The molecule has 90 valence electrons. The molecule has 0 radical (unpaired) electrons. The van der Waals surface area contributed by atoms with Crippen LogP contribution in [0.1, 0.15) is 10.4 Å². The molecular weight excluding hydrogens is 230 g/mol. The van der Waals surface area contributed by atoms with Crippen molar-refractivity contribution < 1.29 is 14.7 Å². The van der Waals surface area contributed by atoms with E-state index in [4.69, 9.17) is 5.11 Å². The molecular formula is C14H11NO3. The van der Waals surface area contributed by atoms with E-state index in [1.165, 1.54) is 6.07 Å². The quantitative estimate of drug-likeness (QED) is 0.812. The summed E-state index contributed by atoms with van der Waals surface area (Å²) in [5.41, 5.74) is 0.329. The molecule has 0 fully saturated rings. The molecule has 2 N–H and O–H groups in total. The predicted octanol–water partition coefficient (Wildman–Crippen LogP) is 2.66. The number of carboxylic acids is 1. The van der Waals surface area contributed by atoms with Gasteiger partial charge in [0.15, 0.2) is 0 Å². The van der Waals surface area contributed by atoms with Gasteiger partial charge in [-0.25, -0.2) is 4.79 Å². The Morgan fingerprint density at radius 3 is 2.33 bits per heavy atom. The topological polar surface area (TPSA) is 66.4 Å². The summed E-state index contributed by atoms with van der Waals surface area (Å²) >= 11 is 0. The Hall–Kier alpha value is -2.62. The molecule has 0 aliphatic heterocycles. The van der Waals surface area contributed by atoms with Crippen LogP contribution in [0.4, 0.5) is 5.69 Å². The molecule has 18 heavy (non-hydrogen) atoms. The number of benzene rings is 2. The van der Waals surface area contributed by atoms with E-state index in [1.54, 1.807) is 6.07 Å². The second-order valence-corrected chi connectivity index (χ2v) is 3.74. The number of amides is 1. The van der Waals surface area contributed by atoms with Crippen LogP contribution in [0.25, 0.3) is 10.8 Å². The van der Waals surface area contributed by atoms with Crippen LogP contribution < -0.4 is 5.32 Å². The fraction of sp³-hybridized carbons (Fsp3) is 0. The normalized spacial score (nSPS) is 10.0.